The summed E-state index contributed by atoms with van der Waals surface area (Å²) in [5, 5.41) is 32.9. The molecule has 1 aliphatic heterocycles. The number of anilines is 1. The molecular formula is C25H18F2N2O6S3. The second kappa shape index (κ2) is 11.4. The van der Waals surface area contributed by atoms with Crippen LogP contribution in [0.3, 0.4) is 0 Å². The number of thiophene rings is 1. The van der Waals surface area contributed by atoms with Gasteiger partial charge in [-0.15, -0.1) is 11.3 Å². The van der Waals surface area contributed by atoms with Crippen molar-refractivity contribution in [2.24, 2.45) is 0 Å². The third-order valence-corrected chi connectivity index (χ3v) is 7.69. The lowest BCUT2D eigenvalue weighted by Gasteiger charge is -2.24. The van der Waals surface area contributed by atoms with Crippen molar-refractivity contribution >= 4 is 69.2 Å². The highest BCUT2D eigenvalue weighted by molar-refractivity contribution is 8.26. The maximum Gasteiger partial charge on any atom is 0.339 e. The van der Waals surface area contributed by atoms with Crippen molar-refractivity contribution in [1.29, 1.82) is 0 Å². The zero-order valence-corrected chi connectivity index (χ0v) is 21.6. The minimum atomic E-state index is -1.33. The lowest BCUT2D eigenvalue weighted by molar-refractivity contribution is -0.125. The van der Waals surface area contributed by atoms with E-state index in [1.165, 1.54) is 23.5 Å². The molecule has 8 nitrogen and oxygen atoms in total. The minimum absolute atomic E-state index is 0.133. The summed E-state index contributed by atoms with van der Waals surface area (Å²) in [5.41, 5.74) is 0.921. The van der Waals surface area contributed by atoms with Gasteiger partial charge in [-0.05, 0) is 52.9 Å². The van der Waals surface area contributed by atoms with Gasteiger partial charge in [0.25, 0.3) is 5.91 Å². The normalized spacial score (nSPS) is 15.2. The van der Waals surface area contributed by atoms with Crippen LogP contribution < -0.4 is 5.32 Å². The zero-order valence-electron chi connectivity index (χ0n) is 19.2. The smallest absolute Gasteiger partial charge is 0.339 e. The first-order chi connectivity index (χ1) is 18.1. The van der Waals surface area contributed by atoms with Gasteiger partial charge < -0.3 is 20.6 Å². The molecule has 0 bridgehead atoms. The molecule has 1 fully saturated rings. The maximum absolute atomic E-state index is 13.6. The average Bonchev–Trinajstić information content (AvgIpc) is 3.43. The van der Waals surface area contributed by atoms with E-state index in [4.69, 9.17) is 17.3 Å². The van der Waals surface area contributed by atoms with Gasteiger partial charge in [0, 0.05) is 16.6 Å². The molecule has 4 rings (SSSR count). The molecule has 13 heteroatoms. The number of thiocarbonyl (C=S) groups is 1. The number of nitrogens with one attached hydrogen (secondary N) is 1. The number of aliphatic hydroxyl groups excluding tert-OH is 1. The number of aliphatic hydroxyl groups is 1. The third-order valence-electron chi connectivity index (χ3n) is 5.48. The number of carbonyl (C=O) groups is 3. The summed E-state index contributed by atoms with van der Waals surface area (Å²) in [7, 11) is 0. The molecule has 2 heterocycles. The van der Waals surface area contributed by atoms with Crippen LogP contribution in [-0.2, 0) is 9.59 Å². The summed E-state index contributed by atoms with van der Waals surface area (Å²) in [5.74, 6) is -4.88. The summed E-state index contributed by atoms with van der Waals surface area (Å²) in [6, 6.07) is 7.81. The van der Waals surface area contributed by atoms with Crippen molar-refractivity contribution in [3.8, 4) is 16.9 Å². The highest BCUT2D eigenvalue weighted by Crippen LogP contribution is 2.36. The number of carboxylic acids is 1. The Morgan fingerprint density at radius 1 is 1.11 bits per heavy atom. The lowest BCUT2D eigenvalue weighted by Crippen LogP contribution is -2.43. The number of aromatic hydroxyl groups is 1. The number of nitrogens with zero attached hydrogens (tertiary/aromatic N) is 1. The molecule has 1 saturated heterocycles. The van der Waals surface area contributed by atoms with E-state index in [0.29, 0.717) is 16.0 Å². The molecule has 1 atom stereocenters. The Hall–Kier alpha value is -3.65. The fraction of sp³-hybridized carbons (Fsp3) is 0.120. The van der Waals surface area contributed by atoms with Gasteiger partial charge in [0.1, 0.15) is 15.6 Å². The van der Waals surface area contributed by atoms with Gasteiger partial charge in [0.05, 0.1) is 24.0 Å². The summed E-state index contributed by atoms with van der Waals surface area (Å²) in [6.07, 6.45) is 1.27. The number of carboxylic acid groups (broad SMARTS) is 1. The van der Waals surface area contributed by atoms with Crippen molar-refractivity contribution in [3.05, 3.63) is 74.8 Å². The van der Waals surface area contributed by atoms with Gasteiger partial charge in [0.2, 0.25) is 5.91 Å². The van der Waals surface area contributed by atoms with E-state index in [1.807, 2.05) is 0 Å². The SMILES string of the molecule is O=C(C[C@@H](CO)N1C(=O)/C(=C/c2cc(-c3ccc(F)c(F)c3)cs2)SC1=S)Nc1ccc(C(=O)O)c(O)c1. The molecule has 4 N–H and O–H groups in total. The van der Waals surface area contributed by atoms with Crippen LogP contribution >= 0.6 is 35.3 Å². The Bertz CT molecular complexity index is 1490. The summed E-state index contributed by atoms with van der Waals surface area (Å²) in [6.45, 7) is -0.560. The number of phenols is 1. The molecule has 0 aliphatic carbocycles. The van der Waals surface area contributed by atoms with Crippen molar-refractivity contribution in [2.45, 2.75) is 12.5 Å². The largest absolute Gasteiger partial charge is 0.507 e. The second-order valence-corrected chi connectivity index (χ2v) is 10.7. The number of amides is 2. The third kappa shape index (κ3) is 5.91. The molecule has 0 unspecified atom stereocenters. The fourth-order valence-corrected chi connectivity index (χ4v) is 5.95. The molecular weight excluding hydrogens is 558 g/mol. The summed E-state index contributed by atoms with van der Waals surface area (Å²) in [4.78, 5) is 38.8. The number of benzene rings is 2. The number of aromatic carboxylic acids is 1. The van der Waals surface area contributed by atoms with Crippen LogP contribution in [0, 0.1) is 11.6 Å². The predicted octanol–water partition coefficient (Wildman–Crippen LogP) is 4.69. The van der Waals surface area contributed by atoms with E-state index in [9.17, 15) is 33.4 Å². The van der Waals surface area contributed by atoms with Crippen molar-refractivity contribution < 1.29 is 38.5 Å². The van der Waals surface area contributed by atoms with Crippen molar-refractivity contribution in [1.82, 2.24) is 4.90 Å². The van der Waals surface area contributed by atoms with Crippen LogP contribution in [0.4, 0.5) is 14.5 Å². The second-order valence-electron chi connectivity index (χ2n) is 8.04. The van der Waals surface area contributed by atoms with Crippen LogP contribution in [-0.4, -0.2) is 55.0 Å². The molecule has 1 aliphatic rings. The van der Waals surface area contributed by atoms with Crippen LogP contribution in [0.2, 0.25) is 0 Å². The average molecular weight is 577 g/mol. The fourth-order valence-electron chi connectivity index (χ4n) is 3.63. The molecule has 3 aromatic rings. The summed E-state index contributed by atoms with van der Waals surface area (Å²) < 4.78 is 27.0. The Kier molecular flexibility index (Phi) is 8.21. The zero-order chi connectivity index (χ0) is 27.6. The number of hydrogen-bond acceptors (Lipinski definition) is 8. The van der Waals surface area contributed by atoms with E-state index in [1.54, 1.807) is 17.5 Å². The lowest BCUT2D eigenvalue weighted by atomic mass is 10.1. The first-order valence-electron chi connectivity index (χ1n) is 10.9. The minimum Gasteiger partial charge on any atom is -0.507 e. The van der Waals surface area contributed by atoms with E-state index < -0.39 is 47.8 Å². The predicted molar refractivity (Wildman–Crippen MR) is 144 cm³/mol. The maximum atomic E-state index is 13.6. The molecule has 0 saturated carbocycles. The van der Waals surface area contributed by atoms with Gasteiger partial charge in [-0.25, -0.2) is 13.6 Å². The van der Waals surface area contributed by atoms with Crippen LogP contribution in [0.25, 0.3) is 17.2 Å². The highest BCUT2D eigenvalue weighted by atomic mass is 32.2. The molecule has 196 valence electrons. The van der Waals surface area contributed by atoms with Crippen molar-refractivity contribution in [2.75, 3.05) is 11.9 Å². The summed E-state index contributed by atoms with van der Waals surface area (Å²) >= 11 is 7.61. The Labute approximate surface area is 228 Å². The monoisotopic (exact) mass is 576 g/mol. The molecule has 2 amide bonds. The Morgan fingerprint density at radius 2 is 1.87 bits per heavy atom. The molecule has 1 aromatic heterocycles. The van der Waals surface area contributed by atoms with Gasteiger partial charge in [-0.3, -0.25) is 14.5 Å². The van der Waals surface area contributed by atoms with E-state index >= 15 is 0 Å². The highest BCUT2D eigenvalue weighted by Gasteiger charge is 2.38. The number of hydrogen-bond donors (Lipinski definition) is 4. The van der Waals surface area contributed by atoms with Gasteiger partial charge in [-0.1, -0.05) is 30.0 Å². The molecule has 0 spiro atoms. The van der Waals surface area contributed by atoms with Crippen LogP contribution in [0.5, 0.6) is 5.75 Å². The van der Waals surface area contributed by atoms with Crippen LogP contribution in [0.15, 0.2) is 52.7 Å². The molecule has 38 heavy (non-hydrogen) atoms. The number of carbonyl (C=O) groups excluding carboxylic acids is 2. The van der Waals surface area contributed by atoms with Gasteiger partial charge >= 0.3 is 5.97 Å². The standard InChI is InChI=1S/C25H18F2N2O6S3/c26-18-4-1-12(6-19(18)27)13-5-16(37-11-13)9-21-23(33)29(25(36)38-21)15(10-30)8-22(32)28-14-2-3-17(24(34)35)20(31)7-14/h1-7,9,11,15,30-31H,8,10H2,(H,28,32)(H,34,35)/b21-9-/t15-/m0/s1. The Balaban J connectivity index is 1.45. The van der Waals surface area contributed by atoms with Gasteiger partial charge in [-0.2, -0.15) is 0 Å². The number of rotatable bonds is 8. The first kappa shape index (κ1) is 27.4. The van der Waals surface area contributed by atoms with Crippen molar-refractivity contribution in [3.63, 3.8) is 0 Å². The van der Waals surface area contributed by atoms with E-state index in [0.717, 1.165) is 40.9 Å². The quantitative estimate of drug-likeness (QED) is 0.225. The molecule has 2 aromatic carbocycles. The Morgan fingerprint density at radius 3 is 2.53 bits per heavy atom. The van der Waals surface area contributed by atoms with Crippen LogP contribution in [0.1, 0.15) is 21.7 Å². The topological polar surface area (TPSA) is 127 Å². The number of halogens is 2. The van der Waals surface area contributed by atoms with Gasteiger partial charge in [0.15, 0.2) is 11.6 Å². The first-order valence-corrected chi connectivity index (χ1v) is 13.0. The molecule has 0 radical (unpaired) electrons. The van der Waals surface area contributed by atoms with E-state index in [-0.39, 0.29) is 26.9 Å². The van der Waals surface area contributed by atoms with E-state index in [2.05, 4.69) is 5.32 Å². The number of thioether (sulfide) groups is 1.